The Balaban J connectivity index is 2.36. The summed E-state index contributed by atoms with van der Waals surface area (Å²) in [5, 5.41) is 9.84. The van der Waals surface area contributed by atoms with E-state index in [9.17, 15) is 10.1 Å². The highest BCUT2D eigenvalue weighted by Crippen LogP contribution is 2.30. The molecule has 0 N–H and O–H groups in total. The van der Waals surface area contributed by atoms with E-state index in [1.54, 1.807) is 6.20 Å². The van der Waals surface area contributed by atoms with Gasteiger partial charge in [-0.2, -0.15) is 5.26 Å². The lowest BCUT2D eigenvalue weighted by atomic mass is 9.97. The molecule has 1 atom stereocenters. The Morgan fingerprint density at radius 1 is 1.47 bits per heavy atom. The van der Waals surface area contributed by atoms with Crippen molar-refractivity contribution in [3.63, 3.8) is 0 Å². The van der Waals surface area contributed by atoms with E-state index in [2.05, 4.69) is 22.0 Å². The molecule has 0 saturated heterocycles. The number of carbonyl (C=O) groups excluding carboxylic acids is 1. The van der Waals surface area contributed by atoms with Crippen LogP contribution in [0.25, 0.3) is 6.08 Å². The van der Waals surface area contributed by atoms with Crippen LogP contribution in [0.4, 0.5) is 0 Å². The fraction of sp³-hybridized carbons (Fsp3) is 0.231. The molecule has 0 spiro atoms. The summed E-state index contributed by atoms with van der Waals surface area (Å²) in [4.78, 5) is 13.4. The molecule has 17 heavy (non-hydrogen) atoms. The average molecular weight is 291 g/mol. The van der Waals surface area contributed by atoms with Crippen LogP contribution in [0, 0.1) is 11.3 Å². The highest BCUT2D eigenvalue weighted by Gasteiger charge is 2.26. The number of rotatable bonds is 2. The summed E-state index contributed by atoms with van der Waals surface area (Å²) < 4.78 is 0. The number of alkyl halides is 1. The molecule has 1 aromatic rings. The largest absolute Gasteiger partial charge is 0.298 e. The number of nitrogens with zero attached hydrogens (tertiary/aromatic N) is 2. The first kappa shape index (κ1) is 11.9. The van der Waals surface area contributed by atoms with E-state index in [1.165, 1.54) is 4.90 Å². The molecule has 1 heterocycles. The monoisotopic (exact) mass is 290 g/mol. The summed E-state index contributed by atoms with van der Waals surface area (Å²) >= 11 is 3.24. The fourth-order valence-electron chi connectivity index (χ4n) is 1.88. The van der Waals surface area contributed by atoms with Crippen LogP contribution in [0.1, 0.15) is 23.6 Å². The summed E-state index contributed by atoms with van der Waals surface area (Å²) in [6.45, 7) is 0. The molecular formula is C13H11BrN2O. The van der Waals surface area contributed by atoms with Crippen LogP contribution >= 0.6 is 15.9 Å². The Morgan fingerprint density at radius 3 is 2.94 bits per heavy atom. The maximum Gasteiger partial charge on any atom is 0.228 e. The maximum absolute atomic E-state index is 11.9. The zero-order chi connectivity index (χ0) is 12.3. The lowest BCUT2D eigenvalue weighted by Gasteiger charge is -2.28. The SMILES string of the molecule is N#CC1c2ccccc2C=CN1C(=O)CCBr. The number of hydrogen-bond acceptors (Lipinski definition) is 2. The van der Waals surface area contributed by atoms with Crippen molar-refractivity contribution in [1.29, 1.82) is 5.26 Å². The van der Waals surface area contributed by atoms with Crippen molar-refractivity contribution >= 4 is 27.9 Å². The number of nitriles is 1. The third kappa shape index (κ3) is 2.25. The first-order valence-corrected chi connectivity index (χ1v) is 6.44. The standard InChI is InChI=1S/C13H11BrN2O/c14-7-5-13(17)16-8-6-10-3-1-2-4-11(10)12(16)9-15/h1-4,6,8,12H,5,7H2. The summed E-state index contributed by atoms with van der Waals surface area (Å²) in [6, 6.07) is 9.32. The molecule has 0 fully saturated rings. The number of amides is 1. The fourth-order valence-corrected chi connectivity index (χ4v) is 2.22. The first-order valence-electron chi connectivity index (χ1n) is 5.32. The van der Waals surface area contributed by atoms with Gasteiger partial charge in [-0.15, -0.1) is 0 Å². The van der Waals surface area contributed by atoms with Crippen molar-refractivity contribution in [1.82, 2.24) is 4.90 Å². The normalized spacial score (nSPS) is 17.4. The van der Waals surface area contributed by atoms with E-state index in [0.29, 0.717) is 11.8 Å². The van der Waals surface area contributed by atoms with Gasteiger partial charge in [0, 0.05) is 18.0 Å². The molecule has 1 aliphatic heterocycles. The van der Waals surface area contributed by atoms with Gasteiger partial charge in [-0.1, -0.05) is 40.2 Å². The lowest BCUT2D eigenvalue weighted by molar-refractivity contribution is -0.129. The van der Waals surface area contributed by atoms with Crippen LogP contribution in [0.5, 0.6) is 0 Å². The second kappa shape index (κ2) is 5.15. The Bertz CT molecular complexity index is 504. The van der Waals surface area contributed by atoms with Crippen LogP contribution in [-0.2, 0) is 4.79 Å². The number of hydrogen-bond donors (Lipinski definition) is 0. The Kier molecular flexibility index (Phi) is 3.60. The van der Waals surface area contributed by atoms with E-state index >= 15 is 0 Å². The van der Waals surface area contributed by atoms with Crippen molar-refractivity contribution in [3.8, 4) is 6.07 Å². The molecule has 1 aromatic carbocycles. The second-order valence-corrected chi connectivity index (χ2v) is 4.51. The van der Waals surface area contributed by atoms with Gasteiger partial charge in [0.2, 0.25) is 5.91 Å². The van der Waals surface area contributed by atoms with Crippen molar-refractivity contribution in [2.24, 2.45) is 0 Å². The van der Waals surface area contributed by atoms with Crippen LogP contribution in [0.3, 0.4) is 0 Å². The van der Waals surface area contributed by atoms with E-state index in [4.69, 9.17) is 0 Å². The minimum absolute atomic E-state index is 0.0424. The molecule has 0 aliphatic carbocycles. The Labute approximate surface area is 108 Å². The van der Waals surface area contributed by atoms with Gasteiger partial charge in [0.15, 0.2) is 0 Å². The predicted octanol–water partition coefficient (Wildman–Crippen LogP) is 2.85. The van der Waals surface area contributed by atoms with Gasteiger partial charge in [0.25, 0.3) is 0 Å². The third-order valence-corrected chi connectivity index (χ3v) is 3.10. The number of carbonyl (C=O) groups is 1. The van der Waals surface area contributed by atoms with Crippen molar-refractivity contribution in [3.05, 3.63) is 41.6 Å². The molecule has 1 amide bonds. The summed E-state index contributed by atoms with van der Waals surface area (Å²) in [6.07, 6.45) is 3.96. The topological polar surface area (TPSA) is 44.1 Å². The van der Waals surface area contributed by atoms with Crippen LogP contribution in [0.2, 0.25) is 0 Å². The minimum Gasteiger partial charge on any atom is -0.298 e. The predicted molar refractivity (Wildman–Crippen MR) is 69.1 cm³/mol. The molecule has 86 valence electrons. The second-order valence-electron chi connectivity index (χ2n) is 3.72. The molecule has 0 aromatic heterocycles. The third-order valence-electron chi connectivity index (χ3n) is 2.70. The summed E-state index contributed by atoms with van der Waals surface area (Å²) in [5.74, 6) is -0.0424. The molecule has 1 unspecified atom stereocenters. The molecule has 0 bridgehead atoms. The maximum atomic E-state index is 11.9. The van der Waals surface area contributed by atoms with Gasteiger partial charge >= 0.3 is 0 Å². The smallest absolute Gasteiger partial charge is 0.228 e. The zero-order valence-electron chi connectivity index (χ0n) is 9.14. The average Bonchev–Trinajstić information content (AvgIpc) is 2.37. The summed E-state index contributed by atoms with van der Waals surface area (Å²) in [7, 11) is 0. The molecule has 0 radical (unpaired) electrons. The number of fused-ring (bicyclic) bond motifs is 1. The zero-order valence-corrected chi connectivity index (χ0v) is 10.7. The molecule has 2 rings (SSSR count). The molecular weight excluding hydrogens is 280 g/mol. The molecule has 3 nitrogen and oxygen atoms in total. The van der Waals surface area contributed by atoms with Gasteiger partial charge in [0.05, 0.1) is 6.07 Å². The van der Waals surface area contributed by atoms with Crippen molar-refractivity contribution in [2.45, 2.75) is 12.5 Å². The van der Waals surface area contributed by atoms with Crippen molar-refractivity contribution < 1.29 is 4.79 Å². The van der Waals surface area contributed by atoms with Crippen LogP contribution in [-0.4, -0.2) is 16.1 Å². The van der Waals surface area contributed by atoms with Crippen molar-refractivity contribution in [2.75, 3.05) is 5.33 Å². The van der Waals surface area contributed by atoms with Gasteiger partial charge in [-0.25, -0.2) is 0 Å². The van der Waals surface area contributed by atoms with Gasteiger partial charge in [-0.05, 0) is 17.2 Å². The first-order chi connectivity index (χ1) is 8.27. The quantitative estimate of drug-likeness (QED) is 0.786. The molecule has 4 heteroatoms. The molecule has 1 aliphatic rings. The van der Waals surface area contributed by atoms with E-state index in [0.717, 1.165) is 11.1 Å². The van der Waals surface area contributed by atoms with Gasteiger partial charge in [-0.3, -0.25) is 9.69 Å². The molecule has 0 saturated carbocycles. The highest BCUT2D eigenvalue weighted by molar-refractivity contribution is 9.09. The van der Waals surface area contributed by atoms with E-state index in [1.807, 2.05) is 30.3 Å². The van der Waals surface area contributed by atoms with Crippen LogP contribution in [0.15, 0.2) is 30.5 Å². The summed E-state index contributed by atoms with van der Waals surface area (Å²) in [5.41, 5.74) is 1.89. The van der Waals surface area contributed by atoms with Gasteiger partial charge < -0.3 is 0 Å². The van der Waals surface area contributed by atoms with Crippen LogP contribution < -0.4 is 0 Å². The minimum atomic E-state index is -0.511. The highest BCUT2D eigenvalue weighted by atomic mass is 79.9. The van der Waals surface area contributed by atoms with E-state index in [-0.39, 0.29) is 5.91 Å². The number of halogens is 1. The van der Waals surface area contributed by atoms with Gasteiger partial charge in [0.1, 0.15) is 6.04 Å². The lowest BCUT2D eigenvalue weighted by Crippen LogP contribution is -2.31. The Hall–Kier alpha value is -1.60. The number of benzene rings is 1. The van der Waals surface area contributed by atoms with E-state index < -0.39 is 6.04 Å². The Morgan fingerprint density at radius 2 is 2.24 bits per heavy atom.